The molecule has 4 heteroatoms. The van der Waals surface area contributed by atoms with Crippen LogP contribution in [0, 0.1) is 5.82 Å². The Hall–Kier alpha value is -0.250. The standard InChI is InChI=1S/C13H17ClFNS/c1-9(16-8-11-3-2-6-17-11)10-4-5-13(15)12(14)7-10/h4-5,7,9,11,16H,2-3,6,8H2,1H3. The van der Waals surface area contributed by atoms with Crippen molar-refractivity contribution in [2.24, 2.45) is 0 Å². The van der Waals surface area contributed by atoms with Crippen LogP contribution in [-0.4, -0.2) is 17.5 Å². The first-order chi connectivity index (χ1) is 8.16. The molecule has 2 unspecified atom stereocenters. The van der Waals surface area contributed by atoms with E-state index in [4.69, 9.17) is 11.6 Å². The van der Waals surface area contributed by atoms with Gasteiger partial charge in [-0.05, 0) is 43.2 Å². The average molecular weight is 274 g/mol. The van der Waals surface area contributed by atoms with Gasteiger partial charge in [0.15, 0.2) is 0 Å². The van der Waals surface area contributed by atoms with E-state index in [9.17, 15) is 4.39 Å². The van der Waals surface area contributed by atoms with Crippen molar-refractivity contribution in [3.05, 3.63) is 34.6 Å². The fourth-order valence-corrected chi connectivity index (χ4v) is 3.42. The Morgan fingerprint density at radius 1 is 1.59 bits per heavy atom. The molecule has 1 fully saturated rings. The van der Waals surface area contributed by atoms with Crippen LogP contribution < -0.4 is 5.32 Å². The first-order valence-corrected chi connectivity index (χ1v) is 7.39. The van der Waals surface area contributed by atoms with Gasteiger partial charge in [-0.2, -0.15) is 11.8 Å². The van der Waals surface area contributed by atoms with E-state index in [-0.39, 0.29) is 16.9 Å². The molecule has 1 N–H and O–H groups in total. The van der Waals surface area contributed by atoms with Gasteiger partial charge in [0, 0.05) is 17.8 Å². The van der Waals surface area contributed by atoms with Gasteiger partial charge in [0.05, 0.1) is 5.02 Å². The van der Waals surface area contributed by atoms with Crippen molar-refractivity contribution in [2.45, 2.75) is 31.1 Å². The molecule has 1 aromatic rings. The Labute approximate surface area is 111 Å². The van der Waals surface area contributed by atoms with Gasteiger partial charge in [0.1, 0.15) is 5.82 Å². The summed E-state index contributed by atoms with van der Waals surface area (Å²) in [4.78, 5) is 0. The summed E-state index contributed by atoms with van der Waals surface area (Å²) in [6, 6.07) is 5.14. The van der Waals surface area contributed by atoms with Crippen LogP contribution in [-0.2, 0) is 0 Å². The first-order valence-electron chi connectivity index (χ1n) is 5.97. The van der Waals surface area contributed by atoms with Gasteiger partial charge in [-0.15, -0.1) is 0 Å². The molecule has 2 atom stereocenters. The molecule has 1 nitrogen and oxygen atoms in total. The Morgan fingerprint density at radius 3 is 3.06 bits per heavy atom. The van der Waals surface area contributed by atoms with E-state index in [0.29, 0.717) is 0 Å². The monoisotopic (exact) mass is 273 g/mol. The van der Waals surface area contributed by atoms with Crippen LogP contribution in [0.15, 0.2) is 18.2 Å². The van der Waals surface area contributed by atoms with Crippen molar-refractivity contribution in [2.75, 3.05) is 12.3 Å². The summed E-state index contributed by atoms with van der Waals surface area (Å²) in [5, 5.41) is 4.42. The van der Waals surface area contributed by atoms with E-state index in [1.807, 2.05) is 11.8 Å². The molecule has 17 heavy (non-hydrogen) atoms. The lowest BCUT2D eigenvalue weighted by Gasteiger charge is -2.17. The minimum atomic E-state index is -0.353. The summed E-state index contributed by atoms with van der Waals surface area (Å²) in [6.45, 7) is 3.10. The van der Waals surface area contributed by atoms with Crippen LogP contribution in [0.1, 0.15) is 31.4 Å². The second kappa shape index (κ2) is 6.07. The Balaban J connectivity index is 1.89. The van der Waals surface area contributed by atoms with E-state index in [1.54, 1.807) is 12.1 Å². The minimum Gasteiger partial charge on any atom is -0.309 e. The maximum absolute atomic E-state index is 13.0. The Kier molecular flexibility index (Phi) is 4.71. The smallest absolute Gasteiger partial charge is 0.141 e. The molecular formula is C13H17ClFNS. The van der Waals surface area contributed by atoms with Gasteiger partial charge in [-0.3, -0.25) is 0 Å². The van der Waals surface area contributed by atoms with Crippen molar-refractivity contribution in [3.8, 4) is 0 Å². The fourth-order valence-electron chi connectivity index (χ4n) is 2.01. The summed E-state index contributed by atoms with van der Waals surface area (Å²) < 4.78 is 13.0. The van der Waals surface area contributed by atoms with Crippen LogP contribution in [0.2, 0.25) is 5.02 Å². The third kappa shape index (κ3) is 3.60. The highest BCUT2D eigenvalue weighted by molar-refractivity contribution is 8.00. The zero-order chi connectivity index (χ0) is 12.3. The molecule has 1 heterocycles. The molecule has 2 rings (SSSR count). The average Bonchev–Trinajstić information content (AvgIpc) is 2.82. The van der Waals surface area contributed by atoms with Crippen molar-refractivity contribution < 1.29 is 4.39 Å². The fraction of sp³-hybridized carbons (Fsp3) is 0.538. The topological polar surface area (TPSA) is 12.0 Å². The molecule has 0 amide bonds. The maximum Gasteiger partial charge on any atom is 0.141 e. The number of benzene rings is 1. The molecule has 94 valence electrons. The molecule has 1 aliphatic heterocycles. The lowest BCUT2D eigenvalue weighted by atomic mass is 10.1. The van der Waals surface area contributed by atoms with E-state index < -0.39 is 0 Å². The number of thioether (sulfide) groups is 1. The lowest BCUT2D eigenvalue weighted by molar-refractivity contribution is 0.557. The zero-order valence-corrected chi connectivity index (χ0v) is 11.5. The largest absolute Gasteiger partial charge is 0.309 e. The highest BCUT2D eigenvalue weighted by Crippen LogP contribution is 2.26. The van der Waals surface area contributed by atoms with Gasteiger partial charge in [0.25, 0.3) is 0 Å². The number of hydrogen-bond donors (Lipinski definition) is 1. The predicted octanol–water partition coefficient (Wildman–Crippen LogP) is 4.03. The zero-order valence-electron chi connectivity index (χ0n) is 9.88. The van der Waals surface area contributed by atoms with Crippen LogP contribution in [0.3, 0.4) is 0 Å². The van der Waals surface area contributed by atoms with Gasteiger partial charge in [-0.1, -0.05) is 17.7 Å². The maximum atomic E-state index is 13.0. The van der Waals surface area contributed by atoms with E-state index in [2.05, 4.69) is 12.2 Å². The molecule has 1 aliphatic rings. The highest BCUT2D eigenvalue weighted by atomic mass is 35.5. The number of nitrogens with one attached hydrogen (secondary N) is 1. The van der Waals surface area contributed by atoms with E-state index >= 15 is 0 Å². The SMILES string of the molecule is CC(NCC1CCCS1)c1ccc(F)c(Cl)c1. The Morgan fingerprint density at radius 2 is 2.41 bits per heavy atom. The van der Waals surface area contributed by atoms with E-state index in [1.165, 1.54) is 24.7 Å². The third-order valence-corrected chi connectivity index (χ3v) is 4.81. The van der Waals surface area contributed by atoms with Gasteiger partial charge in [-0.25, -0.2) is 4.39 Å². The van der Waals surface area contributed by atoms with E-state index in [0.717, 1.165) is 17.4 Å². The van der Waals surface area contributed by atoms with Gasteiger partial charge >= 0.3 is 0 Å². The molecular weight excluding hydrogens is 257 g/mol. The van der Waals surface area contributed by atoms with Crippen LogP contribution in [0.25, 0.3) is 0 Å². The number of halogens is 2. The third-order valence-electron chi connectivity index (χ3n) is 3.12. The number of rotatable bonds is 4. The summed E-state index contributed by atoms with van der Waals surface area (Å²) in [6.07, 6.45) is 2.63. The van der Waals surface area contributed by atoms with Crippen LogP contribution in [0.4, 0.5) is 4.39 Å². The van der Waals surface area contributed by atoms with Crippen molar-refractivity contribution in [1.29, 1.82) is 0 Å². The molecule has 0 aromatic heterocycles. The van der Waals surface area contributed by atoms with Crippen molar-refractivity contribution in [1.82, 2.24) is 5.32 Å². The Bertz CT molecular complexity index is 380. The second-order valence-electron chi connectivity index (χ2n) is 4.44. The molecule has 0 spiro atoms. The molecule has 0 saturated carbocycles. The second-order valence-corrected chi connectivity index (χ2v) is 6.25. The summed E-state index contributed by atoms with van der Waals surface area (Å²) in [5.74, 6) is 0.928. The summed E-state index contributed by atoms with van der Waals surface area (Å²) in [5.41, 5.74) is 1.04. The molecule has 0 aliphatic carbocycles. The molecule has 0 bridgehead atoms. The highest BCUT2D eigenvalue weighted by Gasteiger charge is 2.16. The normalized spacial score (nSPS) is 21.7. The lowest BCUT2D eigenvalue weighted by Crippen LogP contribution is -2.26. The van der Waals surface area contributed by atoms with Crippen LogP contribution >= 0.6 is 23.4 Å². The molecule has 0 radical (unpaired) electrons. The number of hydrogen-bond acceptors (Lipinski definition) is 2. The quantitative estimate of drug-likeness (QED) is 0.889. The van der Waals surface area contributed by atoms with Crippen molar-refractivity contribution in [3.63, 3.8) is 0 Å². The molecule has 1 saturated heterocycles. The van der Waals surface area contributed by atoms with Gasteiger partial charge < -0.3 is 5.32 Å². The first kappa shape index (κ1) is 13.2. The molecule has 1 aromatic carbocycles. The summed E-state index contributed by atoms with van der Waals surface area (Å²) in [7, 11) is 0. The van der Waals surface area contributed by atoms with Gasteiger partial charge in [0.2, 0.25) is 0 Å². The predicted molar refractivity (Wildman–Crippen MR) is 73.3 cm³/mol. The summed E-state index contributed by atoms with van der Waals surface area (Å²) >= 11 is 7.81. The van der Waals surface area contributed by atoms with Crippen molar-refractivity contribution >= 4 is 23.4 Å². The minimum absolute atomic E-state index is 0.200. The van der Waals surface area contributed by atoms with Crippen LogP contribution in [0.5, 0.6) is 0 Å².